The van der Waals surface area contributed by atoms with E-state index in [1.807, 2.05) is 62.5 Å². The highest BCUT2D eigenvalue weighted by Crippen LogP contribution is 2.32. The highest BCUT2D eigenvalue weighted by Gasteiger charge is 2.14. The van der Waals surface area contributed by atoms with E-state index < -0.39 is 0 Å². The standard InChI is InChI=1S/C17H19N5O2.ClH/c1-3-23-16-11-13(12-18-2)9-10-15(16)24-17-19-20-21-22(17)14-7-5-4-6-8-14;/h4-11,18H,3,12H2,1-2H3;1H/p-1. The van der Waals surface area contributed by atoms with Gasteiger partial charge < -0.3 is 27.2 Å². The van der Waals surface area contributed by atoms with Crippen LogP contribution in [0.15, 0.2) is 48.5 Å². The van der Waals surface area contributed by atoms with Gasteiger partial charge in [-0.2, -0.15) is 4.68 Å². The zero-order chi connectivity index (χ0) is 16.8. The Bertz CT molecular complexity index is 795. The number of nitrogens with zero attached hydrogens (tertiary/aromatic N) is 4. The van der Waals surface area contributed by atoms with E-state index in [9.17, 15) is 0 Å². The van der Waals surface area contributed by atoms with Crippen LogP contribution >= 0.6 is 0 Å². The minimum absolute atomic E-state index is 0. The molecule has 0 radical (unpaired) electrons. The number of halogens is 1. The summed E-state index contributed by atoms with van der Waals surface area (Å²) in [4.78, 5) is 0. The van der Waals surface area contributed by atoms with Crippen LogP contribution in [0.25, 0.3) is 5.69 Å². The minimum atomic E-state index is 0. The second kappa shape index (κ2) is 9.00. The predicted octanol–water partition coefficient (Wildman–Crippen LogP) is -0.423. The van der Waals surface area contributed by atoms with Crippen LogP contribution in [0.5, 0.6) is 17.5 Å². The summed E-state index contributed by atoms with van der Waals surface area (Å²) in [5.74, 6) is 1.23. The van der Waals surface area contributed by atoms with Gasteiger partial charge in [-0.3, -0.25) is 0 Å². The van der Waals surface area contributed by atoms with E-state index in [0.29, 0.717) is 18.1 Å². The fraction of sp³-hybridized carbons (Fsp3) is 0.235. The van der Waals surface area contributed by atoms with Crippen molar-refractivity contribution < 1.29 is 21.9 Å². The van der Waals surface area contributed by atoms with Crippen LogP contribution in [0.3, 0.4) is 0 Å². The third-order valence-corrected chi connectivity index (χ3v) is 3.33. The van der Waals surface area contributed by atoms with Gasteiger partial charge in [0.05, 0.1) is 12.3 Å². The lowest BCUT2D eigenvalue weighted by Crippen LogP contribution is -3.00. The van der Waals surface area contributed by atoms with Crippen LogP contribution in [-0.4, -0.2) is 33.9 Å². The summed E-state index contributed by atoms with van der Waals surface area (Å²) in [5.41, 5.74) is 1.93. The molecule has 0 amide bonds. The first-order valence-electron chi connectivity index (χ1n) is 7.73. The molecule has 0 unspecified atom stereocenters. The molecule has 0 saturated carbocycles. The van der Waals surface area contributed by atoms with Crippen molar-refractivity contribution in [2.45, 2.75) is 13.5 Å². The molecule has 0 spiro atoms. The molecule has 8 heteroatoms. The molecule has 3 rings (SSSR count). The van der Waals surface area contributed by atoms with Gasteiger partial charge in [0.2, 0.25) is 0 Å². The van der Waals surface area contributed by atoms with Crippen molar-refractivity contribution in [2.75, 3.05) is 13.7 Å². The largest absolute Gasteiger partial charge is 1.00 e. The van der Waals surface area contributed by atoms with E-state index in [4.69, 9.17) is 9.47 Å². The highest BCUT2D eigenvalue weighted by molar-refractivity contribution is 5.44. The SMILES string of the molecule is CCOc1cc(CNC)ccc1Oc1nnnn1-c1ccccc1.[Cl-]. The Kier molecular flexibility index (Phi) is 6.73. The van der Waals surface area contributed by atoms with Crippen LogP contribution in [-0.2, 0) is 6.54 Å². The van der Waals surface area contributed by atoms with E-state index in [0.717, 1.165) is 17.8 Å². The number of ether oxygens (including phenoxy) is 2. The average Bonchev–Trinajstić information content (AvgIpc) is 3.07. The molecule has 0 bridgehead atoms. The number of aromatic nitrogens is 4. The number of benzene rings is 2. The maximum Gasteiger partial charge on any atom is 0.346 e. The van der Waals surface area contributed by atoms with E-state index in [1.54, 1.807) is 0 Å². The lowest BCUT2D eigenvalue weighted by molar-refractivity contribution is -0.00000611. The lowest BCUT2D eigenvalue weighted by Gasteiger charge is -2.12. The number of tetrazole rings is 1. The van der Waals surface area contributed by atoms with Crippen molar-refractivity contribution in [3.05, 3.63) is 54.1 Å². The van der Waals surface area contributed by atoms with Crippen molar-refractivity contribution in [3.63, 3.8) is 0 Å². The summed E-state index contributed by atoms with van der Waals surface area (Å²) in [6.07, 6.45) is 0. The third-order valence-electron chi connectivity index (χ3n) is 3.33. The zero-order valence-electron chi connectivity index (χ0n) is 14.0. The van der Waals surface area contributed by atoms with Crippen molar-refractivity contribution in [3.8, 4) is 23.2 Å². The van der Waals surface area contributed by atoms with Crippen molar-refractivity contribution in [1.29, 1.82) is 0 Å². The van der Waals surface area contributed by atoms with Crippen molar-refractivity contribution in [2.24, 2.45) is 0 Å². The molecule has 132 valence electrons. The molecule has 1 aromatic heterocycles. The van der Waals surface area contributed by atoms with Gasteiger partial charge in [-0.25, -0.2) is 0 Å². The van der Waals surface area contributed by atoms with E-state index in [1.165, 1.54) is 4.68 Å². The second-order valence-electron chi connectivity index (χ2n) is 5.06. The summed E-state index contributed by atoms with van der Waals surface area (Å²) in [6, 6.07) is 15.6. The van der Waals surface area contributed by atoms with Gasteiger partial charge in [0.25, 0.3) is 0 Å². The Hall–Kier alpha value is -2.64. The molecule has 0 atom stereocenters. The number of rotatable bonds is 7. The average molecular weight is 361 g/mol. The Morgan fingerprint density at radius 2 is 1.88 bits per heavy atom. The lowest BCUT2D eigenvalue weighted by atomic mass is 10.2. The molecule has 1 N–H and O–H groups in total. The van der Waals surface area contributed by atoms with Crippen LogP contribution < -0.4 is 27.2 Å². The quantitative estimate of drug-likeness (QED) is 0.617. The number of para-hydroxylation sites is 1. The molecule has 7 nitrogen and oxygen atoms in total. The molecule has 0 saturated heterocycles. The van der Waals surface area contributed by atoms with Gasteiger partial charge in [0.15, 0.2) is 11.5 Å². The summed E-state index contributed by atoms with van der Waals surface area (Å²) < 4.78 is 13.1. The number of nitrogens with one attached hydrogen (secondary N) is 1. The fourth-order valence-electron chi connectivity index (χ4n) is 2.29. The molecule has 3 aromatic rings. The number of hydrogen-bond donors (Lipinski definition) is 1. The third kappa shape index (κ3) is 4.46. The summed E-state index contributed by atoms with van der Waals surface area (Å²) >= 11 is 0. The molecular formula is C17H19ClN5O2-. The molecule has 25 heavy (non-hydrogen) atoms. The molecule has 0 aliphatic heterocycles. The van der Waals surface area contributed by atoms with Crippen molar-refractivity contribution in [1.82, 2.24) is 25.5 Å². The molecular weight excluding hydrogens is 342 g/mol. The first-order valence-corrected chi connectivity index (χ1v) is 7.73. The Morgan fingerprint density at radius 3 is 2.60 bits per heavy atom. The summed E-state index contributed by atoms with van der Waals surface area (Å²) in [6.45, 7) is 3.23. The molecule has 0 aliphatic carbocycles. The van der Waals surface area contributed by atoms with Gasteiger partial charge in [-0.1, -0.05) is 29.4 Å². The normalized spacial score (nSPS) is 10.2. The number of hydrogen-bond acceptors (Lipinski definition) is 6. The Labute approximate surface area is 152 Å². The summed E-state index contributed by atoms with van der Waals surface area (Å²) in [7, 11) is 1.90. The van der Waals surface area contributed by atoms with Crippen LogP contribution in [0, 0.1) is 0 Å². The summed E-state index contributed by atoms with van der Waals surface area (Å²) in [5, 5.41) is 14.8. The smallest absolute Gasteiger partial charge is 0.346 e. The van der Waals surface area contributed by atoms with Gasteiger partial charge in [-0.05, 0) is 54.2 Å². The van der Waals surface area contributed by atoms with E-state index in [-0.39, 0.29) is 18.4 Å². The Balaban J connectivity index is 0.00000225. The second-order valence-corrected chi connectivity index (χ2v) is 5.06. The molecule has 1 heterocycles. The Morgan fingerprint density at radius 1 is 1.08 bits per heavy atom. The minimum Gasteiger partial charge on any atom is -1.00 e. The van der Waals surface area contributed by atoms with Gasteiger partial charge in [-0.15, -0.1) is 0 Å². The first-order chi connectivity index (χ1) is 11.8. The van der Waals surface area contributed by atoms with Crippen LogP contribution in [0.2, 0.25) is 0 Å². The zero-order valence-corrected chi connectivity index (χ0v) is 14.8. The van der Waals surface area contributed by atoms with E-state index in [2.05, 4.69) is 20.8 Å². The predicted molar refractivity (Wildman–Crippen MR) is 89.6 cm³/mol. The molecule has 2 aromatic carbocycles. The van der Waals surface area contributed by atoms with Gasteiger partial charge in [0.1, 0.15) is 0 Å². The fourth-order valence-corrected chi connectivity index (χ4v) is 2.29. The molecule has 0 fully saturated rings. The molecule has 0 aliphatic rings. The van der Waals surface area contributed by atoms with Crippen LogP contribution in [0.1, 0.15) is 12.5 Å². The van der Waals surface area contributed by atoms with Gasteiger partial charge >= 0.3 is 6.01 Å². The van der Waals surface area contributed by atoms with Crippen LogP contribution in [0.4, 0.5) is 0 Å². The van der Waals surface area contributed by atoms with Gasteiger partial charge in [0, 0.05) is 6.54 Å². The monoisotopic (exact) mass is 360 g/mol. The maximum atomic E-state index is 5.90. The highest BCUT2D eigenvalue weighted by atomic mass is 35.5. The first kappa shape index (κ1) is 18.7. The van der Waals surface area contributed by atoms with E-state index >= 15 is 0 Å². The van der Waals surface area contributed by atoms with Crippen molar-refractivity contribution >= 4 is 0 Å². The maximum absolute atomic E-state index is 5.90. The topological polar surface area (TPSA) is 74.1 Å².